The average Bonchev–Trinajstić information content (AvgIpc) is 3.09. The Morgan fingerprint density at radius 3 is 2.73 bits per heavy atom. The molecule has 0 aromatic carbocycles. The van der Waals surface area contributed by atoms with Crippen LogP contribution in [0.4, 0.5) is 4.39 Å². The van der Waals surface area contributed by atoms with Gasteiger partial charge in [-0.1, -0.05) is 37.9 Å². The number of thioether (sulfide) groups is 1. The normalized spacial score (nSPS) is 40.8. The minimum Gasteiger partial charge on any atom is -0.272 e. The van der Waals surface area contributed by atoms with Crippen molar-refractivity contribution < 1.29 is 9.18 Å². The van der Waals surface area contributed by atoms with Crippen LogP contribution in [0.3, 0.4) is 0 Å². The molecule has 4 rings (SSSR count). The number of rotatable bonds is 3. The first-order chi connectivity index (χ1) is 12.6. The molecule has 2 heterocycles. The van der Waals surface area contributed by atoms with Gasteiger partial charge in [-0.2, -0.15) is 0 Å². The van der Waals surface area contributed by atoms with E-state index in [2.05, 4.69) is 22.9 Å². The quantitative estimate of drug-likeness (QED) is 0.785. The van der Waals surface area contributed by atoms with E-state index < -0.39 is 6.17 Å². The van der Waals surface area contributed by atoms with Gasteiger partial charge in [0, 0.05) is 11.8 Å². The van der Waals surface area contributed by atoms with Crippen molar-refractivity contribution in [1.82, 2.24) is 15.9 Å². The van der Waals surface area contributed by atoms with Crippen LogP contribution in [0.5, 0.6) is 0 Å². The topological polar surface area (TPSA) is 56.7 Å². The van der Waals surface area contributed by atoms with Gasteiger partial charge < -0.3 is 0 Å². The number of hydrogen-bond donors (Lipinski definition) is 2. The van der Waals surface area contributed by atoms with E-state index in [0.717, 1.165) is 42.0 Å². The van der Waals surface area contributed by atoms with Gasteiger partial charge in [0.15, 0.2) is 5.17 Å². The third-order valence-corrected chi connectivity index (χ3v) is 7.99. The Hall–Kier alpha value is -0.820. The monoisotopic (exact) mass is 382 g/mol. The number of carbonyl (C=O) groups is 1. The number of hydrazine groups is 1. The second-order valence-electron chi connectivity index (χ2n) is 8.57. The van der Waals surface area contributed by atoms with Crippen molar-refractivity contribution in [2.45, 2.75) is 83.0 Å². The molecule has 0 spiro atoms. The molecule has 0 bridgehead atoms. The summed E-state index contributed by atoms with van der Waals surface area (Å²) in [5.74, 6) is 3.03. The van der Waals surface area contributed by atoms with Crippen molar-refractivity contribution in [3.05, 3.63) is 0 Å². The molecule has 7 heteroatoms. The van der Waals surface area contributed by atoms with E-state index in [1.54, 1.807) is 11.8 Å². The molecule has 146 valence electrons. The molecule has 2 aliphatic carbocycles. The predicted octanol–water partition coefficient (Wildman–Crippen LogP) is 3.42. The number of amides is 1. The lowest BCUT2D eigenvalue weighted by molar-refractivity contribution is -0.125. The zero-order valence-corrected chi connectivity index (χ0v) is 16.4. The first-order valence-corrected chi connectivity index (χ1v) is 11.3. The molecule has 0 aromatic heterocycles. The second kappa shape index (κ2) is 8.05. The summed E-state index contributed by atoms with van der Waals surface area (Å²) in [5.41, 5.74) is 6.27. The minimum absolute atomic E-state index is 0.0189. The fraction of sp³-hybridized carbons (Fsp3) is 0.895. The molecule has 2 aliphatic heterocycles. The van der Waals surface area contributed by atoms with Crippen LogP contribution in [0.25, 0.3) is 0 Å². The Labute approximate surface area is 159 Å². The van der Waals surface area contributed by atoms with E-state index in [1.165, 1.54) is 25.7 Å². The summed E-state index contributed by atoms with van der Waals surface area (Å²) in [7, 11) is 0. The van der Waals surface area contributed by atoms with E-state index in [-0.39, 0.29) is 18.0 Å². The smallest absolute Gasteiger partial charge is 0.264 e. The van der Waals surface area contributed by atoms with Gasteiger partial charge >= 0.3 is 0 Å². The van der Waals surface area contributed by atoms with Crippen molar-refractivity contribution in [1.29, 1.82) is 0 Å². The standard InChI is InChI=1S/C19H31FN4OS/c1-12-4-2-3-5-14(12)11-26-19-22-21-18(25)17-10-16(23-24(17)19)13-6-8-15(20)9-7-13/h12-17,23H,2-11H2,1H3,(H,21,25). The fourth-order valence-corrected chi connectivity index (χ4v) is 6.30. The van der Waals surface area contributed by atoms with Crippen LogP contribution in [-0.2, 0) is 4.79 Å². The third kappa shape index (κ3) is 3.88. The van der Waals surface area contributed by atoms with Gasteiger partial charge in [0.05, 0.1) is 0 Å². The van der Waals surface area contributed by atoms with Crippen LogP contribution in [0.15, 0.2) is 5.10 Å². The fourth-order valence-electron chi connectivity index (χ4n) is 5.01. The molecule has 4 atom stereocenters. The molecule has 0 aromatic rings. The molecular formula is C19H31FN4OS. The van der Waals surface area contributed by atoms with Crippen LogP contribution in [0.1, 0.15) is 64.7 Å². The number of fused-ring (bicyclic) bond motifs is 1. The first-order valence-electron chi connectivity index (χ1n) is 10.3. The predicted molar refractivity (Wildman–Crippen MR) is 103 cm³/mol. The molecule has 2 N–H and O–H groups in total. The second-order valence-corrected chi connectivity index (χ2v) is 9.56. The highest BCUT2D eigenvalue weighted by Crippen LogP contribution is 2.36. The molecular weight excluding hydrogens is 351 g/mol. The maximum absolute atomic E-state index is 13.5. The lowest BCUT2D eigenvalue weighted by Gasteiger charge is -2.33. The molecule has 4 aliphatic rings. The molecule has 26 heavy (non-hydrogen) atoms. The van der Waals surface area contributed by atoms with Gasteiger partial charge in [-0.15, -0.1) is 5.10 Å². The SMILES string of the molecule is CC1CCCCC1CSC1=NNC(=O)C2CC(C3CCC(F)CC3)NN12. The number of hydrogen-bond acceptors (Lipinski definition) is 5. The number of carbonyl (C=O) groups excluding carboxylic acids is 1. The zero-order chi connectivity index (χ0) is 18.1. The van der Waals surface area contributed by atoms with Gasteiger partial charge in [-0.05, 0) is 56.3 Å². The summed E-state index contributed by atoms with van der Waals surface area (Å²) < 4.78 is 13.5. The summed E-state index contributed by atoms with van der Waals surface area (Å²) in [6, 6.07) is 0.0858. The maximum atomic E-state index is 13.5. The molecule has 3 fully saturated rings. The molecule has 0 radical (unpaired) electrons. The third-order valence-electron chi connectivity index (χ3n) is 6.85. The van der Waals surface area contributed by atoms with Gasteiger partial charge in [-0.3, -0.25) is 9.80 Å². The van der Waals surface area contributed by atoms with Crippen molar-refractivity contribution in [3.8, 4) is 0 Å². The number of nitrogens with one attached hydrogen (secondary N) is 2. The van der Waals surface area contributed by atoms with Crippen LogP contribution in [0, 0.1) is 17.8 Å². The van der Waals surface area contributed by atoms with Crippen molar-refractivity contribution >= 4 is 22.8 Å². The number of alkyl halides is 1. The van der Waals surface area contributed by atoms with Crippen molar-refractivity contribution in [2.75, 3.05) is 5.75 Å². The molecule has 2 saturated carbocycles. The number of nitrogens with zero attached hydrogens (tertiary/aromatic N) is 2. The number of amidine groups is 1. The summed E-state index contributed by atoms with van der Waals surface area (Å²) in [5, 5.41) is 7.24. The van der Waals surface area contributed by atoms with E-state index in [4.69, 9.17) is 0 Å². The highest BCUT2D eigenvalue weighted by atomic mass is 32.2. The highest BCUT2D eigenvalue weighted by molar-refractivity contribution is 8.13. The Balaban J connectivity index is 1.37. The van der Waals surface area contributed by atoms with Crippen LogP contribution >= 0.6 is 11.8 Å². The average molecular weight is 383 g/mol. The summed E-state index contributed by atoms with van der Waals surface area (Å²) in [6.07, 6.45) is 8.65. The van der Waals surface area contributed by atoms with Crippen LogP contribution < -0.4 is 10.9 Å². The Morgan fingerprint density at radius 1 is 1.19 bits per heavy atom. The molecule has 4 unspecified atom stereocenters. The lowest BCUT2D eigenvalue weighted by atomic mass is 9.82. The summed E-state index contributed by atoms with van der Waals surface area (Å²) in [6.45, 7) is 2.36. The van der Waals surface area contributed by atoms with Crippen LogP contribution in [-0.4, -0.2) is 40.1 Å². The van der Waals surface area contributed by atoms with E-state index in [1.807, 2.05) is 5.01 Å². The van der Waals surface area contributed by atoms with Crippen LogP contribution in [0.2, 0.25) is 0 Å². The highest BCUT2D eigenvalue weighted by Gasteiger charge is 2.44. The molecule has 1 saturated heterocycles. The van der Waals surface area contributed by atoms with Crippen molar-refractivity contribution in [2.24, 2.45) is 22.9 Å². The van der Waals surface area contributed by atoms with Crippen molar-refractivity contribution in [3.63, 3.8) is 0 Å². The number of hydrazone groups is 1. The molecule has 5 nitrogen and oxygen atoms in total. The lowest BCUT2D eigenvalue weighted by Crippen LogP contribution is -2.53. The Bertz CT molecular complexity index is 552. The van der Waals surface area contributed by atoms with E-state index in [0.29, 0.717) is 18.8 Å². The van der Waals surface area contributed by atoms with E-state index >= 15 is 0 Å². The zero-order valence-electron chi connectivity index (χ0n) is 15.6. The summed E-state index contributed by atoms with van der Waals surface area (Å²) in [4.78, 5) is 12.3. The number of halogens is 1. The Kier molecular flexibility index (Phi) is 5.74. The van der Waals surface area contributed by atoms with Gasteiger partial charge in [0.2, 0.25) is 0 Å². The largest absolute Gasteiger partial charge is 0.272 e. The molecule has 1 amide bonds. The van der Waals surface area contributed by atoms with E-state index in [9.17, 15) is 9.18 Å². The summed E-state index contributed by atoms with van der Waals surface area (Å²) >= 11 is 1.77. The first kappa shape index (κ1) is 18.5. The van der Waals surface area contributed by atoms with Gasteiger partial charge in [0.1, 0.15) is 12.2 Å². The van der Waals surface area contributed by atoms with Gasteiger partial charge in [-0.25, -0.2) is 15.2 Å². The van der Waals surface area contributed by atoms with Gasteiger partial charge in [0.25, 0.3) is 5.91 Å². The maximum Gasteiger partial charge on any atom is 0.264 e. The Morgan fingerprint density at radius 2 is 1.96 bits per heavy atom. The minimum atomic E-state index is -0.635.